The first kappa shape index (κ1) is 18.7. The Labute approximate surface area is 166 Å². The van der Waals surface area contributed by atoms with E-state index in [9.17, 15) is 9.59 Å². The number of carbonyl (C=O) groups excluding carboxylic acids is 2. The van der Waals surface area contributed by atoms with Gasteiger partial charge in [0.25, 0.3) is 0 Å². The van der Waals surface area contributed by atoms with Crippen molar-refractivity contribution in [1.29, 1.82) is 0 Å². The van der Waals surface area contributed by atoms with Crippen LogP contribution in [-0.2, 0) is 34.6 Å². The molecule has 28 heavy (non-hydrogen) atoms. The van der Waals surface area contributed by atoms with Crippen LogP contribution in [0.3, 0.4) is 0 Å². The average Bonchev–Trinajstić information content (AvgIpc) is 3.25. The van der Waals surface area contributed by atoms with Crippen LogP contribution in [0.4, 0.5) is 0 Å². The van der Waals surface area contributed by atoms with E-state index in [4.69, 9.17) is 0 Å². The molecule has 0 bridgehead atoms. The summed E-state index contributed by atoms with van der Waals surface area (Å²) in [4.78, 5) is 29.2. The van der Waals surface area contributed by atoms with Gasteiger partial charge < -0.3 is 9.80 Å². The van der Waals surface area contributed by atoms with Gasteiger partial charge in [0.05, 0.1) is 17.7 Å². The number of amides is 2. The molecule has 0 spiro atoms. The van der Waals surface area contributed by atoms with Gasteiger partial charge >= 0.3 is 0 Å². The lowest BCUT2D eigenvalue weighted by Crippen LogP contribution is -2.41. The van der Waals surface area contributed by atoms with Crippen molar-refractivity contribution in [1.82, 2.24) is 19.6 Å². The van der Waals surface area contributed by atoms with Gasteiger partial charge in [-0.05, 0) is 26.3 Å². The third kappa shape index (κ3) is 3.55. The summed E-state index contributed by atoms with van der Waals surface area (Å²) in [6, 6.07) is 9.94. The van der Waals surface area contributed by atoms with Crippen molar-refractivity contribution in [3.05, 3.63) is 53.3 Å². The molecule has 1 fully saturated rings. The number of hydrogen-bond acceptors (Lipinski definition) is 3. The summed E-state index contributed by atoms with van der Waals surface area (Å²) < 4.78 is 2.07. The zero-order valence-electron chi connectivity index (χ0n) is 16.9. The highest BCUT2D eigenvalue weighted by Crippen LogP contribution is 2.27. The molecular formula is C22H28N4O2. The van der Waals surface area contributed by atoms with E-state index in [2.05, 4.69) is 30.6 Å². The molecule has 6 nitrogen and oxygen atoms in total. The van der Waals surface area contributed by atoms with Crippen LogP contribution in [0.15, 0.2) is 36.5 Å². The Morgan fingerprint density at radius 2 is 1.96 bits per heavy atom. The van der Waals surface area contributed by atoms with E-state index < -0.39 is 0 Å². The maximum Gasteiger partial charge on any atom is 0.228 e. The van der Waals surface area contributed by atoms with E-state index in [0.29, 0.717) is 32.6 Å². The van der Waals surface area contributed by atoms with E-state index in [-0.39, 0.29) is 23.3 Å². The predicted octanol–water partition coefficient (Wildman–Crippen LogP) is 2.57. The van der Waals surface area contributed by atoms with E-state index in [0.717, 1.165) is 17.5 Å². The second-order valence-electron chi connectivity index (χ2n) is 8.87. The Kier molecular flexibility index (Phi) is 4.73. The number of benzene rings is 1. The molecule has 0 saturated carbocycles. The molecule has 2 amide bonds. The van der Waals surface area contributed by atoms with E-state index in [1.165, 1.54) is 5.69 Å². The zero-order valence-corrected chi connectivity index (χ0v) is 16.9. The lowest BCUT2D eigenvalue weighted by molar-refractivity contribution is -0.136. The molecule has 0 aliphatic carbocycles. The van der Waals surface area contributed by atoms with Crippen LogP contribution >= 0.6 is 0 Å². The van der Waals surface area contributed by atoms with Crippen molar-refractivity contribution in [3.63, 3.8) is 0 Å². The summed E-state index contributed by atoms with van der Waals surface area (Å²) in [5.41, 5.74) is 3.39. The maximum atomic E-state index is 13.1. The van der Waals surface area contributed by atoms with E-state index in [1.807, 2.05) is 46.3 Å². The molecule has 4 rings (SSSR count). The van der Waals surface area contributed by atoms with Crippen LogP contribution in [0.5, 0.6) is 0 Å². The van der Waals surface area contributed by atoms with Crippen molar-refractivity contribution < 1.29 is 9.59 Å². The van der Waals surface area contributed by atoms with Crippen LogP contribution in [0.1, 0.15) is 44.0 Å². The van der Waals surface area contributed by atoms with Crippen molar-refractivity contribution in [2.75, 3.05) is 13.1 Å². The van der Waals surface area contributed by atoms with Crippen LogP contribution in [0.25, 0.3) is 0 Å². The second kappa shape index (κ2) is 7.08. The molecule has 1 saturated heterocycles. The highest BCUT2D eigenvalue weighted by atomic mass is 16.2. The molecule has 6 heteroatoms. The first-order valence-electron chi connectivity index (χ1n) is 9.99. The number of hydrogen-bond donors (Lipinski definition) is 0. The van der Waals surface area contributed by atoms with Crippen molar-refractivity contribution in [2.45, 2.75) is 52.2 Å². The molecule has 1 atom stereocenters. The minimum absolute atomic E-state index is 0.0599. The minimum Gasteiger partial charge on any atom is -0.338 e. The standard InChI is InChI=1S/C22H28N4O2/c1-22(2,3)26-19-9-10-24(15-18(19)12-23-26)21(28)17-11-20(27)25(14-17)13-16-7-5-4-6-8-16/h4-8,12,17H,9-11,13-15H2,1-3H3. The monoisotopic (exact) mass is 380 g/mol. The minimum atomic E-state index is -0.240. The average molecular weight is 380 g/mol. The molecule has 148 valence electrons. The van der Waals surface area contributed by atoms with Gasteiger partial charge in [-0.15, -0.1) is 0 Å². The summed E-state index contributed by atoms with van der Waals surface area (Å²) >= 11 is 0. The Bertz CT molecular complexity index is 882. The number of likely N-dealkylation sites (tertiary alicyclic amines) is 1. The topological polar surface area (TPSA) is 58.4 Å². The summed E-state index contributed by atoms with van der Waals surface area (Å²) in [7, 11) is 0. The fourth-order valence-electron chi connectivity index (χ4n) is 4.25. The maximum absolute atomic E-state index is 13.1. The Morgan fingerprint density at radius 3 is 2.68 bits per heavy atom. The number of carbonyl (C=O) groups is 2. The fraction of sp³-hybridized carbons (Fsp3) is 0.500. The first-order valence-corrected chi connectivity index (χ1v) is 9.99. The molecule has 2 aliphatic rings. The Balaban J connectivity index is 1.42. The summed E-state index contributed by atoms with van der Waals surface area (Å²) in [6.45, 7) is 8.80. The van der Waals surface area contributed by atoms with Crippen LogP contribution in [-0.4, -0.2) is 44.5 Å². The van der Waals surface area contributed by atoms with E-state index in [1.54, 1.807) is 0 Å². The first-order chi connectivity index (χ1) is 13.3. The predicted molar refractivity (Wildman–Crippen MR) is 106 cm³/mol. The number of nitrogens with zero attached hydrogens (tertiary/aromatic N) is 4. The van der Waals surface area contributed by atoms with Crippen molar-refractivity contribution >= 4 is 11.8 Å². The third-order valence-electron chi connectivity index (χ3n) is 5.66. The molecule has 0 radical (unpaired) electrons. The van der Waals surface area contributed by atoms with Gasteiger partial charge in [0.1, 0.15) is 0 Å². The molecule has 2 aliphatic heterocycles. The van der Waals surface area contributed by atoms with Gasteiger partial charge in [-0.25, -0.2) is 0 Å². The van der Waals surface area contributed by atoms with Gasteiger partial charge in [0.2, 0.25) is 11.8 Å². The summed E-state index contributed by atoms with van der Waals surface area (Å²) in [5.74, 6) is -0.0750. The SMILES string of the molecule is CC(C)(C)n1ncc2c1CCN(C(=O)C1CC(=O)N(Cc3ccccc3)C1)C2. The quantitative estimate of drug-likeness (QED) is 0.822. The third-order valence-corrected chi connectivity index (χ3v) is 5.66. The Hall–Kier alpha value is -2.63. The molecule has 1 aromatic carbocycles. The van der Waals surface area contributed by atoms with Gasteiger partial charge in [0, 0.05) is 50.3 Å². The highest BCUT2D eigenvalue weighted by Gasteiger charge is 2.38. The van der Waals surface area contributed by atoms with Crippen LogP contribution in [0, 0.1) is 5.92 Å². The van der Waals surface area contributed by atoms with Gasteiger partial charge in [-0.1, -0.05) is 30.3 Å². The van der Waals surface area contributed by atoms with Crippen LogP contribution in [0.2, 0.25) is 0 Å². The molecule has 3 heterocycles. The van der Waals surface area contributed by atoms with Crippen molar-refractivity contribution in [2.24, 2.45) is 5.92 Å². The number of fused-ring (bicyclic) bond motifs is 1. The number of aromatic nitrogens is 2. The normalized spacial score (nSPS) is 19.8. The molecular weight excluding hydrogens is 352 g/mol. The molecule has 0 N–H and O–H groups in total. The zero-order chi connectivity index (χ0) is 19.9. The molecule has 1 unspecified atom stereocenters. The molecule has 2 aromatic rings. The summed E-state index contributed by atoms with van der Waals surface area (Å²) in [5, 5.41) is 4.55. The Morgan fingerprint density at radius 1 is 1.21 bits per heavy atom. The number of rotatable bonds is 3. The highest BCUT2D eigenvalue weighted by molar-refractivity contribution is 5.89. The summed E-state index contributed by atoms with van der Waals surface area (Å²) in [6.07, 6.45) is 3.02. The van der Waals surface area contributed by atoms with Gasteiger partial charge in [0.15, 0.2) is 0 Å². The molecule has 1 aromatic heterocycles. The lowest BCUT2D eigenvalue weighted by Gasteiger charge is -2.31. The van der Waals surface area contributed by atoms with Crippen LogP contribution < -0.4 is 0 Å². The van der Waals surface area contributed by atoms with Gasteiger partial charge in [-0.2, -0.15) is 5.10 Å². The largest absolute Gasteiger partial charge is 0.338 e. The fourth-order valence-corrected chi connectivity index (χ4v) is 4.25. The van der Waals surface area contributed by atoms with E-state index >= 15 is 0 Å². The smallest absolute Gasteiger partial charge is 0.228 e. The van der Waals surface area contributed by atoms with Crippen molar-refractivity contribution in [3.8, 4) is 0 Å². The van der Waals surface area contributed by atoms with Gasteiger partial charge in [-0.3, -0.25) is 14.3 Å². The lowest BCUT2D eigenvalue weighted by atomic mass is 10.0. The second-order valence-corrected chi connectivity index (χ2v) is 8.87.